The minimum atomic E-state index is -0.801. The van der Waals surface area contributed by atoms with E-state index in [4.69, 9.17) is 5.11 Å². The highest BCUT2D eigenvalue weighted by Gasteiger charge is 2.09. The lowest BCUT2D eigenvalue weighted by Crippen LogP contribution is -2.37. The lowest BCUT2D eigenvalue weighted by molar-refractivity contribution is -0.141. The van der Waals surface area contributed by atoms with E-state index in [0.29, 0.717) is 32.5 Å². The zero-order valence-corrected chi connectivity index (χ0v) is 11.0. The summed E-state index contributed by atoms with van der Waals surface area (Å²) in [6, 6.07) is -0.233. The predicted molar refractivity (Wildman–Crippen MR) is 69.7 cm³/mol. The molecule has 0 saturated heterocycles. The predicted octanol–water partition coefficient (Wildman–Crippen LogP) is 0.683. The second kappa shape index (κ2) is 8.12. The SMILES string of the molecule is CC(CCCNC(=O)NCCn1ccnc1)C(=O)O. The fourth-order valence-corrected chi connectivity index (χ4v) is 1.51. The molecule has 19 heavy (non-hydrogen) atoms. The molecular formula is C12H20N4O3. The first kappa shape index (κ1) is 15.0. The van der Waals surface area contributed by atoms with Crippen LogP contribution in [-0.4, -0.2) is 39.7 Å². The molecule has 0 aromatic carbocycles. The Morgan fingerprint density at radius 3 is 2.74 bits per heavy atom. The van der Waals surface area contributed by atoms with Gasteiger partial charge in [0, 0.05) is 32.0 Å². The van der Waals surface area contributed by atoms with E-state index in [1.807, 2.05) is 10.8 Å². The van der Waals surface area contributed by atoms with Crippen LogP contribution in [0.3, 0.4) is 0 Å². The van der Waals surface area contributed by atoms with Crippen molar-refractivity contribution in [1.29, 1.82) is 0 Å². The normalized spacial score (nSPS) is 11.8. The quantitative estimate of drug-likeness (QED) is 0.604. The molecular weight excluding hydrogens is 248 g/mol. The van der Waals surface area contributed by atoms with Crippen LogP contribution in [0, 0.1) is 5.92 Å². The maximum atomic E-state index is 11.4. The Labute approximate surface area is 112 Å². The molecule has 1 unspecified atom stereocenters. The van der Waals surface area contributed by atoms with E-state index in [1.165, 1.54) is 0 Å². The summed E-state index contributed by atoms with van der Waals surface area (Å²) in [6.07, 6.45) is 6.41. The second-order valence-corrected chi connectivity index (χ2v) is 4.36. The second-order valence-electron chi connectivity index (χ2n) is 4.36. The first-order valence-electron chi connectivity index (χ1n) is 6.30. The number of carboxylic acid groups (broad SMARTS) is 1. The highest BCUT2D eigenvalue weighted by atomic mass is 16.4. The van der Waals surface area contributed by atoms with E-state index in [0.717, 1.165) is 0 Å². The third-order valence-corrected chi connectivity index (χ3v) is 2.74. The molecule has 7 heteroatoms. The summed E-state index contributed by atoms with van der Waals surface area (Å²) in [6.45, 7) is 3.33. The summed E-state index contributed by atoms with van der Waals surface area (Å²) in [4.78, 5) is 25.9. The first-order valence-corrected chi connectivity index (χ1v) is 6.30. The number of aliphatic carboxylic acids is 1. The monoisotopic (exact) mass is 268 g/mol. The third kappa shape index (κ3) is 6.44. The van der Waals surface area contributed by atoms with Crippen LogP contribution in [0.25, 0.3) is 0 Å². The molecule has 0 aliphatic heterocycles. The van der Waals surface area contributed by atoms with Crippen molar-refractivity contribution in [1.82, 2.24) is 20.2 Å². The molecule has 0 aliphatic rings. The van der Waals surface area contributed by atoms with Gasteiger partial charge in [0.25, 0.3) is 0 Å². The van der Waals surface area contributed by atoms with E-state index in [2.05, 4.69) is 15.6 Å². The molecule has 1 heterocycles. The molecule has 106 valence electrons. The van der Waals surface area contributed by atoms with Gasteiger partial charge in [0.05, 0.1) is 12.2 Å². The standard InChI is InChI=1S/C12H20N4O3/c1-10(11(17)18)3-2-4-14-12(19)15-6-8-16-7-5-13-9-16/h5,7,9-10H,2-4,6,8H2,1H3,(H,17,18)(H2,14,15,19). The molecule has 0 aliphatic carbocycles. The topological polar surface area (TPSA) is 96.3 Å². The number of amides is 2. The molecule has 0 fully saturated rings. The average molecular weight is 268 g/mol. The van der Waals surface area contributed by atoms with Crippen molar-refractivity contribution in [3.8, 4) is 0 Å². The van der Waals surface area contributed by atoms with Crippen LogP contribution in [0.1, 0.15) is 19.8 Å². The highest BCUT2D eigenvalue weighted by Crippen LogP contribution is 2.03. The minimum absolute atomic E-state index is 0.233. The maximum absolute atomic E-state index is 11.4. The van der Waals surface area contributed by atoms with Crippen molar-refractivity contribution < 1.29 is 14.7 Å². The van der Waals surface area contributed by atoms with Crippen LogP contribution in [-0.2, 0) is 11.3 Å². The smallest absolute Gasteiger partial charge is 0.314 e. The molecule has 1 aromatic heterocycles. The Bertz CT molecular complexity index is 392. The number of imidazole rings is 1. The summed E-state index contributed by atoms with van der Waals surface area (Å²) in [5.41, 5.74) is 0. The summed E-state index contributed by atoms with van der Waals surface area (Å²) < 4.78 is 1.87. The van der Waals surface area contributed by atoms with Crippen molar-refractivity contribution >= 4 is 12.0 Å². The van der Waals surface area contributed by atoms with Gasteiger partial charge in [-0.05, 0) is 12.8 Å². The van der Waals surface area contributed by atoms with Crippen LogP contribution in [0.15, 0.2) is 18.7 Å². The van der Waals surface area contributed by atoms with Gasteiger partial charge in [-0.2, -0.15) is 0 Å². The van der Waals surface area contributed by atoms with Crippen LogP contribution < -0.4 is 10.6 Å². The number of nitrogens with one attached hydrogen (secondary N) is 2. The summed E-state index contributed by atoms with van der Waals surface area (Å²) in [5.74, 6) is -1.17. The molecule has 1 atom stereocenters. The van der Waals surface area contributed by atoms with Crippen LogP contribution in [0.2, 0.25) is 0 Å². The average Bonchev–Trinajstić information content (AvgIpc) is 2.87. The Balaban J connectivity index is 2.00. The number of carbonyl (C=O) groups is 2. The van der Waals surface area contributed by atoms with Crippen molar-refractivity contribution in [3.05, 3.63) is 18.7 Å². The first-order chi connectivity index (χ1) is 9.09. The number of carbonyl (C=O) groups excluding carboxylic acids is 1. The minimum Gasteiger partial charge on any atom is -0.481 e. The Morgan fingerprint density at radius 2 is 2.11 bits per heavy atom. The lowest BCUT2D eigenvalue weighted by atomic mass is 10.1. The highest BCUT2D eigenvalue weighted by molar-refractivity contribution is 5.73. The summed E-state index contributed by atoms with van der Waals surface area (Å²) >= 11 is 0. The number of aromatic nitrogens is 2. The van der Waals surface area contributed by atoms with Gasteiger partial charge in [0.2, 0.25) is 0 Å². The third-order valence-electron chi connectivity index (χ3n) is 2.74. The number of urea groups is 1. The summed E-state index contributed by atoms with van der Waals surface area (Å²) in [5, 5.41) is 14.1. The number of hydrogen-bond acceptors (Lipinski definition) is 3. The Morgan fingerprint density at radius 1 is 1.37 bits per heavy atom. The number of rotatable bonds is 8. The van der Waals surface area contributed by atoms with E-state index >= 15 is 0 Å². The zero-order chi connectivity index (χ0) is 14.1. The van der Waals surface area contributed by atoms with Crippen LogP contribution in [0.5, 0.6) is 0 Å². The van der Waals surface area contributed by atoms with Gasteiger partial charge >= 0.3 is 12.0 Å². The van der Waals surface area contributed by atoms with E-state index in [-0.39, 0.29) is 11.9 Å². The number of carboxylic acids is 1. The van der Waals surface area contributed by atoms with Gasteiger partial charge < -0.3 is 20.3 Å². The van der Waals surface area contributed by atoms with E-state index in [1.54, 1.807) is 19.4 Å². The van der Waals surface area contributed by atoms with E-state index in [9.17, 15) is 9.59 Å². The van der Waals surface area contributed by atoms with Crippen LogP contribution >= 0.6 is 0 Å². The number of nitrogens with zero attached hydrogens (tertiary/aromatic N) is 2. The van der Waals surface area contributed by atoms with Crippen molar-refractivity contribution in [3.63, 3.8) is 0 Å². The fraction of sp³-hybridized carbons (Fsp3) is 0.583. The van der Waals surface area contributed by atoms with Gasteiger partial charge in [0.1, 0.15) is 0 Å². The van der Waals surface area contributed by atoms with Gasteiger partial charge in [0.15, 0.2) is 0 Å². The van der Waals surface area contributed by atoms with Gasteiger partial charge in [-0.3, -0.25) is 4.79 Å². The fourth-order valence-electron chi connectivity index (χ4n) is 1.51. The van der Waals surface area contributed by atoms with Gasteiger partial charge in [-0.25, -0.2) is 9.78 Å². The maximum Gasteiger partial charge on any atom is 0.314 e. The summed E-state index contributed by atoms with van der Waals surface area (Å²) in [7, 11) is 0. The van der Waals surface area contributed by atoms with Crippen molar-refractivity contribution in [2.75, 3.05) is 13.1 Å². The van der Waals surface area contributed by atoms with Crippen molar-refractivity contribution in [2.24, 2.45) is 5.92 Å². The Kier molecular flexibility index (Phi) is 6.42. The molecule has 0 saturated carbocycles. The molecule has 0 spiro atoms. The molecule has 1 aromatic rings. The molecule has 2 amide bonds. The molecule has 1 rings (SSSR count). The molecule has 3 N–H and O–H groups in total. The number of hydrogen-bond donors (Lipinski definition) is 3. The molecule has 7 nitrogen and oxygen atoms in total. The zero-order valence-electron chi connectivity index (χ0n) is 11.0. The van der Waals surface area contributed by atoms with Crippen LogP contribution in [0.4, 0.5) is 4.79 Å². The Hall–Kier alpha value is -2.05. The van der Waals surface area contributed by atoms with Gasteiger partial charge in [-0.15, -0.1) is 0 Å². The van der Waals surface area contributed by atoms with Gasteiger partial charge in [-0.1, -0.05) is 6.92 Å². The molecule has 0 bridgehead atoms. The van der Waals surface area contributed by atoms with E-state index < -0.39 is 5.97 Å². The van der Waals surface area contributed by atoms with Crippen molar-refractivity contribution in [2.45, 2.75) is 26.3 Å². The molecule has 0 radical (unpaired) electrons. The largest absolute Gasteiger partial charge is 0.481 e. The lowest BCUT2D eigenvalue weighted by Gasteiger charge is -2.09.